The molecular weight excluding hydrogens is 340 g/mol. The second-order valence-corrected chi connectivity index (χ2v) is 8.54. The van der Waals surface area contributed by atoms with E-state index in [0.29, 0.717) is 29.2 Å². The van der Waals surface area contributed by atoms with Gasteiger partial charge in [0.05, 0.1) is 12.0 Å². The number of unbranched alkanes of at least 4 members (excludes halogenated alkanes) is 1. The minimum absolute atomic E-state index is 0.156. The Hall–Kier alpha value is -2.10. The first-order valence-electron chi connectivity index (χ1n) is 10.2. The van der Waals surface area contributed by atoms with Crippen molar-refractivity contribution in [3.8, 4) is 5.75 Å². The summed E-state index contributed by atoms with van der Waals surface area (Å²) in [5.74, 6) is 1.35. The maximum atomic E-state index is 13.1. The number of carbonyl (C=O) groups is 1. The number of hydrogen-bond acceptors (Lipinski definition) is 4. The molecule has 4 rings (SSSR count). The van der Waals surface area contributed by atoms with Crippen LogP contribution in [0, 0.1) is 12.8 Å². The maximum absolute atomic E-state index is 13.1. The highest BCUT2D eigenvalue weighted by atomic mass is 16.5. The van der Waals surface area contributed by atoms with Gasteiger partial charge in [0.25, 0.3) is 0 Å². The molecular formula is C23H28O4. The number of benzene rings is 1. The van der Waals surface area contributed by atoms with E-state index in [1.54, 1.807) is 6.07 Å². The number of hydrogen-bond donors (Lipinski definition) is 0. The molecule has 0 N–H and O–H groups in total. The molecule has 27 heavy (non-hydrogen) atoms. The van der Waals surface area contributed by atoms with Crippen LogP contribution in [0.3, 0.4) is 0 Å². The summed E-state index contributed by atoms with van der Waals surface area (Å²) in [6.45, 7) is 6.27. The Morgan fingerprint density at radius 2 is 2.07 bits per heavy atom. The standard InChI is InChI=1S/C23H28O4/c1-4-5-8-16-10-20(25)26-21-15(3)22-18(11-17(16)21)19(24)13-23(27-22)9-6-7-14(2)12-23/h10-11,14H,4-9,12-13H2,1-3H3/t14-,23-/m0/s1. The van der Waals surface area contributed by atoms with Gasteiger partial charge in [0, 0.05) is 17.0 Å². The molecule has 0 unspecified atom stereocenters. The first kappa shape index (κ1) is 18.3. The smallest absolute Gasteiger partial charge is 0.336 e. The third kappa shape index (κ3) is 3.19. The van der Waals surface area contributed by atoms with Gasteiger partial charge in [-0.2, -0.15) is 0 Å². The number of aryl methyl sites for hydroxylation is 2. The molecule has 2 heterocycles. The Bertz CT molecular complexity index is 955. The van der Waals surface area contributed by atoms with Gasteiger partial charge in [0.1, 0.15) is 16.9 Å². The van der Waals surface area contributed by atoms with E-state index in [9.17, 15) is 9.59 Å². The van der Waals surface area contributed by atoms with Crippen molar-refractivity contribution in [1.29, 1.82) is 0 Å². The lowest BCUT2D eigenvalue weighted by atomic mass is 9.74. The maximum Gasteiger partial charge on any atom is 0.336 e. The van der Waals surface area contributed by atoms with Gasteiger partial charge >= 0.3 is 5.63 Å². The summed E-state index contributed by atoms with van der Waals surface area (Å²) in [6.07, 6.45) is 7.43. The number of Topliss-reactive ketones (excluding diaryl/α,β-unsaturated/α-hetero) is 1. The summed E-state index contributed by atoms with van der Waals surface area (Å²) in [5, 5.41) is 0.879. The predicted octanol–water partition coefficient (Wildman–Crippen LogP) is 5.36. The van der Waals surface area contributed by atoms with Crippen molar-refractivity contribution in [2.24, 2.45) is 5.92 Å². The highest BCUT2D eigenvalue weighted by molar-refractivity contribution is 6.05. The zero-order valence-electron chi connectivity index (χ0n) is 16.5. The molecule has 2 aliphatic rings. The van der Waals surface area contributed by atoms with Crippen LogP contribution in [0.4, 0.5) is 0 Å². The van der Waals surface area contributed by atoms with Crippen molar-refractivity contribution in [1.82, 2.24) is 0 Å². The molecule has 144 valence electrons. The van der Waals surface area contributed by atoms with Crippen molar-refractivity contribution in [2.45, 2.75) is 77.7 Å². The topological polar surface area (TPSA) is 56.5 Å². The second kappa shape index (κ2) is 6.81. The van der Waals surface area contributed by atoms with Crippen LogP contribution in [0.5, 0.6) is 5.75 Å². The molecule has 1 aliphatic heterocycles. The molecule has 2 aromatic rings. The summed E-state index contributed by atoms with van der Waals surface area (Å²) in [7, 11) is 0. The van der Waals surface area contributed by atoms with Gasteiger partial charge in [0.2, 0.25) is 0 Å². The molecule has 1 saturated carbocycles. The van der Waals surface area contributed by atoms with Crippen LogP contribution in [0.2, 0.25) is 0 Å². The highest BCUT2D eigenvalue weighted by Crippen LogP contribution is 2.46. The molecule has 4 nitrogen and oxygen atoms in total. The summed E-state index contributed by atoms with van der Waals surface area (Å²) < 4.78 is 12.1. The monoisotopic (exact) mass is 368 g/mol. The van der Waals surface area contributed by atoms with Crippen LogP contribution < -0.4 is 10.4 Å². The fraction of sp³-hybridized carbons (Fsp3) is 0.565. The summed E-state index contributed by atoms with van der Waals surface area (Å²) in [6, 6.07) is 3.47. The Balaban J connectivity index is 1.86. The predicted molar refractivity (Wildman–Crippen MR) is 106 cm³/mol. The largest absolute Gasteiger partial charge is 0.486 e. The lowest BCUT2D eigenvalue weighted by Crippen LogP contribution is -2.45. The number of ketones is 1. The van der Waals surface area contributed by atoms with E-state index >= 15 is 0 Å². The van der Waals surface area contributed by atoms with Gasteiger partial charge in [-0.05, 0) is 56.6 Å². The van der Waals surface area contributed by atoms with Crippen LogP contribution in [0.1, 0.15) is 80.3 Å². The van der Waals surface area contributed by atoms with Crippen molar-refractivity contribution >= 4 is 16.8 Å². The third-order valence-electron chi connectivity index (χ3n) is 6.25. The molecule has 1 aromatic carbocycles. The van der Waals surface area contributed by atoms with E-state index < -0.39 is 0 Å². The van der Waals surface area contributed by atoms with Crippen LogP contribution in [-0.4, -0.2) is 11.4 Å². The Morgan fingerprint density at radius 3 is 2.81 bits per heavy atom. The molecule has 4 heteroatoms. The third-order valence-corrected chi connectivity index (χ3v) is 6.25. The lowest BCUT2D eigenvalue weighted by Gasteiger charge is -2.43. The number of rotatable bonds is 3. The van der Waals surface area contributed by atoms with Gasteiger partial charge in [-0.3, -0.25) is 4.79 Å². The zero-order valence-corrected chi connectivity index (χ0v) is 16.5. The zero-order chi connectivity index (χ0) is 19.2. The Morgan fingerprint density at radius 1 is 1.26 bits per heavy atom. The van der Waals surface area contributed by atoms with Crippen molar-refractivity contribution in [2.75, 3.05) is 0 Å². The second-order valence-electron chi connectivity index (χ2n) is 8.54. The van der Waals surface area contributed by atoms with E-state index in [2.05, 4.69) is 13.8 Å². The first-order valence-corrected chi connectivity index (χ1v) is 10.2. The van der Waals surface area contributed by atoms with Gasteiger partial charge in [-0.1, -0.05) is 26.7 Å². The van der Waals surface area contributed by atoms with E-state index in [0.717, 1.165) is 55.0 Å². The molecule has 2 atom stereocenters. The van der Waals surface area contributed by atoms with E-state index in [4.69, 9.17) is 9.15 Å². The quantitative estimate of drug-likeness (QED) is 0.685. The summed E-state index contributed by atoms with van der Waals surface area (Å²) in [5.41, 5.74) is 2.24. The van der Waals surface area contributed by atoms with Crippen molar-refractivity contribution in [3.05, 3.63) is 39.2 Å². The fourth-order valence-corrected chi connectivity index (χ4v) is 4.92. The molecule has 0 saturated heterocycles. The van der Waals surface area contributed by atoms with Gasteiger partial charge < -0.3 is 9.15 Å². The van der Waals surface area contributed by atoms with Gasteiger partial charge in [-0.25, -0.2) is 4.79 Å². The minimum Gasteiger partial charge on any atom is -0.486 e. The number of fused-ring (bicyclic) bond motifs is 2. The highest BCUT2D eigenvalue weighted by Gasteiger charge is 2.44. The molecule has 0 bridgehead atoms. The average Bonchev–Trinajstić information content (AvgIpc) is 2.61. The van der Waals surface area contributed by atoms with E-state index in [-0.39, 0.29) is 17.0 Å². The van der Waals surface area contributed by atoms with Crippen molar-refractivity contribution in [3.63, 3.8) is 0 Å². The molecule has 1 aliphatic carbocycles. The van der Waals surface area contributed by atoms with Crippen LogP contribution in [0.15, 0.2) is 21.3 Å². The van der Waals surface area contributed by atoms with Gasteiger partial charge in [-0.15, -0.1) is 0 Å². The van der Waals surface area contributed by atoms with Crippen LogP contribution in [-0.2, 0) is 6.42 Å². The lowest BCUT2D eigenvalue weighted by molar-refractivity contribution is -0.00127. The molecule has 1 aromatic heterocycles. The van der Waals surface area contributed by atoms with Crippen molar-refractivity contribution < 1.29 is 13.9 Å². The molecule has 0 radical (unpaired) electrons. The Labute approximate surface area is 159 Å². The summed E-state index contributed by atoms with van der Waals surface area (Å²) in [4.78, 5) is 25.2. The summed E-state index contributed by atoms with van der Waals surface area (Å²) >= 11 is 0. The first-order chi connectivity index (χ1) is 12.9. The normalized spacial score (nSPS) is 24.9. The SMILES string of the molecule is CCCCc1cc(=O)oc2c(C)c3c(cc12)C(=O)C[C@@]1(CCC[C@H](C)C1)O3. The molecule has 1 spiro atoms. The minimum atomic E-state index is -0.389. The Kier molecular flexibility index (Phi) is 4.61. The van der Waals surface area contributed by atoms with Gasteiger partial charge in [0.15, 0.2) is 5.78 Å². The fourth-order valence-electron chi connectivity index (χ4n) is 4.92. The number of carbonyl (C=O) groups excluding carboxylic acids is 1. The molecule has 1 fully saturated rings. The van der Waals surface area contributed by atoms with Crippen LogP contribution in [0.25, 0.3) is 11.0 Å². The van der Waals surface area contributed by atoms with E-state index in [1.165, 1.54) is 6.42 Å². The molecule has 0 amide bonds. The van der Waals surface area contributed by atoms with Crippen LogP contribution >= 0.6 is 0 Å². The number of ether oxygens (including phenoxy) is 1. The van der Waals surface area contributed by atoms with E-state index in [1.807, 2.05) is 13.0 Å². The average molecular weight is 368 g/mol.